The van der Waals surface area contributed by atoms with Crippen molar-refractivity contribution in [2.45, 2.75) is 26.4 Å². The zero-order chi connectivity index (χ0) is 11.7. The van der Waals surface area contributed by atoms with Crippen LogP contribution in [0.1, 0.15) is 20.3 Å². The summed E-state index contributed by atoms with van der Waals surface area (Å²) in [7, 11) is 0.738. The molecule has 0 radical (unpaired) electrons. The van der Waals surface area contributed by atoms with Crippen molar-refractivity contribution in [2.24, 2.45) is 0 Å². The van der Waals surface area contributed by atoms with Crippen LogP contribution in [0.15, 0.2) is 12.2 Å². The van der Waals surface area contributed by atoms with E-state index >= 15 is 0 Å². The Morgan fingerprint density at radius 3 is 2.60 bits per heavy atom. The van der Waals surface area contributed by atoms with Crippen LogP contribution >= 0.6 is 0 Å². The molecule has 4 nitrogen and oxygen atoms in total. The van der Waals surface area contributed by atoms with Crippen LogP contribution in [0.4, 0.5) is 0 Å². The molecule has 5 heteroatoms. The van der Waals surface area contributed by atoms with Gasteiger partial charge in [0.15, 0.2) is 0 Å². The Morgan fingerprint density at radius 1 is 1.40 bits per heavy atom. The minimum atomic E-state index is -0.343. The first kappa shape index (κ1) is 14.3. The largest absolute Gasteiger partial charge is 0.462 e. The number of rotatable bonds is 8. The molecule has 0 saturated heterocycles. The molecule has 0 heterocycles. The van der Waals surface area contributed by atoms with E-state index < -0.39 is 0 Å². The number of ether oxygens (including phenoxy) is 2. The van der Waals surface area contributed by atoms with Gasteiger partial charge in [-0.2, -0.15) is 0 Å². The normalized spacial score (nSPS) is 12.4. The highest BCUT2D eigenvalue weighted by atomic mass is 28.2. The van der Waals surface area contributed by atoms with Crippen LogP contribution in [0.25, 0.3) is 0 Å². The molecule has 0 amide bonds. The third kappa shape index (κ3) is 8.35. The summed E-state index contributed by atoms with van der Waals surface area (Å²) in [5, 5.41) is 0. The Morgan fingerprint density at radius 2 is 2.07 bits per heavy atom. The Kier molecular flexibility index (Phi) is 8.26. The van der Waals surface area contributed by atoms with Gasteiger partial charge in [0.2, 0.25) is 0 Å². The lowest BCUT2D eigenvalue weighted by Crippen LogP contribution is -2.16. The molecule has 0 aliphatic heterocycles. The van der Waals surface area contributed by atoms with Gasteiger partial charge in [-0.15, -0.1) is 0 Å². The van der Waals surface area contributed by atoms with E-state index in [1.165, 1.54) is 0 Å². The number of esters is 1. The van der Waals surface area contributed by atoms with Crippen molar-refractivity contribution in [3.8, 4) is 0 Å². The average Bonchev–Trinajstić information content (AvgIpc) is 2.18. The van der Waals surface area contributed by atoms with Crippen molar-refractivity contribution in [1.29, 1.82) is 0 Å². The molecule has 0 aliphatic carbocycles. The van der Waals surface area contributed by atoms with E-state index in [1.54, 1.807) is 6.92 Å². The predicted molar refractivity (Wildman–Crippen MR) is 61.7 cm³/mol. The van der Waals surface area contributed by atoms with Crippen LogP contribution in [-0.2, 0) is 18.7 Å². The molecule has 0 spiro atoms. The first-order chi connectivity index (χ1) is 7.07. The molecule has 0 saturated carbocycles. The highest BCUT2D eigenvalue weighted by Crippen LogP contribution is 2.00. The van der Waals surface area contributed by atoms with Gasteiger partial charge >= 0.3 is 5.97 Å². The number of carbonyl (C=O) groups excluding carboxylic acids is 1. The third-order valence-corrected chi connectivity index (χ3v) is 2.20. The summed E-state index contributed by atoms with van der Waals surface area (Å²) in [5.41, 5.74) is 0.424. The zero-order valence-corrected chi connectivity index (χ0v) is 11.7. The Bertz CT molecular complexity index is 206. The summed E-state index contributed by atoms with van der Waals surface area (Å²) >= 11 is 0. The lowest BCUT2D eigenvalue weighted by Gasteiger charge is -2.12. The standard InChI is InChI=1S/C10H20O4Si/c1-8(2)10(11)13-5-4-9(3)12-6-7-14-15/h9H,1,4-7H2,2-3,15H3. The maximum Gasteiger partial charge on any atom is 0.333 e. The summed E-state index contributed by atoms with van der Waals surface area (Å²) in [5.74, 6) is -0.343. The lowest BCUT2D eigenvalue weighted by atomic mass is 10.3. The van der Waals surface area contributed by atoms with E-state index in [0.717, 1.165) is 10.5 Å². The molecule has 0 aromatic heterocycles. The number of hydrogen-bond donors (Lipinski definition) is 0. The quantitative estimate of drug-likeness (QED) is 0.259. The lowest BCUT2D eigenvalue weighted by molar-refractivity contribution is -0.139. The van der Waals surface area contributed by atoms with Gasteiger partial charge in [-0.05, 0) is 13.8 Å². The Labute approximate surface area is 94.1 Å². The fourth-order valence-electron chi connectivity index (χ4n) is 0.857. The van der Waals surface area contributed by atoms with Crippen molar-refractivity contribution in [3.05, 3.63) is 12.2 Å². The van der Waals surface area contributed by atoms with E-state index in [4.69, 9.17) is 13.9 Å². The van der Waals surface area contributed by atoms with Crippen molar-refractivity contribution >= 4 is 16.5 Å². The van der Waals surface area contributed by atoms with Gasteiger partial charge in [0.25, 0.3) is 0 Å². The third-order valence-electron chi connectivity index (χ3n) is 1.80. The summed E-state index contributed by atoms with van der Waals surface area (Å²) < 4.78 is 15.3. The molecule has 1 atom stereocenters. The summed E-state index contributed by atoms with van der Waals surface area (Å²) in [6.45, 7) is 8.68. The van der Waals surface area contributed by atoms with Gasteiger partial charge in [-0.1, -0.05) is 6.58 Å². The molecule has 0 fully saturated rings. The van der Waals surface area contributed by atoms with Crippen LogP contribution in [0.3, 0.4) is 0 Å². The van der Waals surface area contributed by atoms with Gasteiger partial charge in [0.05, 0.1) is 25.9 Å². The van der Waals surface area contributed by atoms with E-state index in [9.17, 15) is 4.79 Å². The van der Waals surface area contributed by atoms with Gasteiger partial charge in [-0.3, -0.25) is 0 Å². The van der Waals surface area contributed by atoms with Gasteiger partial charge in [-0.25, -0.2) is 4.79 Å². The van der Waals surface area contributed by atoms with Crippen molar-refractivity contribution in [2.75, 3.05) is 19.8 Å². The zero-order valence-electron chi connectivity index (χ0n) is 9.75. The fourth-order valence-corrected chi connectivity index (χ4v) is 1.02. The van der Waals surface area contributed by atoms with Crippen LogP contribution in [0, 0.1) is 0 Å². The van der Waals surface area contributed by atoms with E-state index in [0.29, 0.717) is 31.8 Å². The minimum Gasteiger partial charge on any atom is -0.462 e. The van der Waals surface area contributed by atoms with Crippen LogP contribution in [0.5, 0.6) is 0 Å². The van der Waals surface area contributed by atoms with Crippen molar-refractivity contribution < 1.29 is 18.7 Å². The molecule has 0 bridgehead atoms. The molecule has 1 unspecified atom stereocenters. The Balaban J connectivity index is 3.42. The molecule has 0 aromatic rings. The highest BCUT2D eigenvalue weighted by molar-refractivity contribution is 5.97. The van der Waals surface area contributed by atoms with Crippen molar-refractivity contribution in [3.63, 3.8) is 0 Å². The summed E-state index contributed by atoms with van der Waals surface area (Å²) in [6, 6.07) is 0. The van der Waals surface area contributed by atoms with E-state index in [2.05, 4.69) is 6.58 Å². The number of carbonyl (C=O) groups is 1. The van der Waals surface area contributed by atoms with Crippen LogP contribution in [-0.4, -0.2) is 42.4 Å². The second-order valence-corrected chi connectivity index (χ2v) is 3.96. The molecule has 0 rings (SSSR count). The second-order valence-electron chi connectivity index (χ2n) is 3.38. The van der Waals surface area contributed by atoms with Gasteiger partial charge in [0.1, 0.15) is 10.5 Å². The molecule has 0 aliphatic rings. The van der Waals surface area contributed by atoms with E-state index in [-0.39, 0.29) is 12.1 Å². The van der Waals surface area contributed by atoms with Crippen LogP contribution < -0.4 is 0 Å². The minimum absolute atomic E-state index is 0.0831. The molecule has 88 valence electrons. The molecule has 0 aromatic carbocycles. The van der Waals surface area contributed by atoms with Gasteiger partial charge in [0, 0.05) is 12.0 Å². The summed E-state index contributed by atoms with van der Waals surface area (Å²) in [4.78, 5) is 11.0. The first-order valence-corrected chi connectivity index (χ1v) is 5.82. The molecular formula is C10H20O4Si. The van der Waals surface area contributed by atoms with Gasteiger partial charge < -0.3 is 13.9 Å². The average molecular weight is 232 g/mol. The fraction of sp³-hybridized carbons (Fsp3) is 0.700. The van der Waals surface area contributed by atoms with Crippen LogP contribution in [0.2, 0.25) is 0 Å². The molecule has 15 heavy (non-hydrogen) atoms. The molecule has 0 N–H and O–H groups in total. The summed E-state index contributed by atoms with van der Waals surface area (Å²) in [6.07, 6.45) is 0.778. The first-order valence-electron chi connectivity index (χ1n) is 5.01. The smallest absolute Gasteiger partial charge is 0.333 e. The Hall–Kier alpha value is -0.653. The predicted octanol–water partition coefficient (Wildman–Crippen LogP) is 0.198. The maximum atomic E-state index is 11.0. The second kappa shape index (κ2) is 8.64. The monoisotopic (exact) mass is 232 g/mol. The topological polar surface area (TPSA) is 44.8 Å². The van der Waals surface area contributed by atoms with E-state index in [1.807, 2.05) is 6.92 Å². The molecular weight excluding hydrogens is 212 g/mol. The highest BCUT2D eigenvalue weighted by Gasteiger charge is 2.05. The van der Waals surface area contributed by atoms with Crippen molar-refractivity contribution in [1.82, 2.24) is 0 Å². The SMILES string of the molecule is C=C(C)C(=O)OCCC(C)OCCO[SiH3]. The maximum absolute atomic E-state index is 11.0. The number of hydrogen-bond acceptors (Lipinski definition) is 4.